The second-order valence-electron chi connectivity index (χ2n) is 5.38. The maximum atomic E-state index is 4.67. The van der Waals surface area contributed by atoms with Crippen LogP contribution in [0.4, 0.5) is 0 Å². The zero-order valence-corrected chi connectivity index (χ0v) is 12.0. The van der Waals surface area contributed by atoms with Gasteiger partial charge in [0.05, 0.1) is 11.4 Å². The Kier molecular flexibility index (Phi) is 3.15. The molecule has 0 saturated carbocycles. The molecule has 2 aromatic rings. The summed E-state index contributed by atoms with van der Waals surface area (Å²) in [6.45, 7) is 2.88. The molecule has 0 amide bonds. The van der Waals surface area contributed by atoms with Crippen molar-refractivity contribution in [1.82, 2.24) is 14.9 Å². The van der Waals surface area contributed by atoms with E-state index in [2.05, 4.69) is 47.0 Å². The van der Waals surface area contributed by atoms with Gasteiger partial charge in [0.25, 0.3) is 0 Å². The summed E-state index contributed by atoms with van der Waals surface area (Å²) in [7, 11) is 4.07. The quantitative estimate of drug-likeness (QED) is 0.913. The first-order valence-electron chi connectivity index (χ1n) is 6.99. The highest BCUT2D eigenvalue weighted by Crippen LogP contribution is 2.30. The third-order valence-corrected chi connectivity index (χ3v) is 4.11. The SMILES string of the molecule is CNCc1nc(C)n(C)c1-c1ccc2c(c1)CCC2. The summed E-state index contributed by atoms with van der Waals surface area (Å²) >= 11 is 0. The molecule has 1 aromatic carbocycles. The first-order chi connectivity index (χ1) is 9.20. The lowest BCUT2D eigenvalue weighted by molar-refractivity contribution is 0.796. The van der Waals surface area contributed by atoms with Gasteiger partial charge in [-0.25, -0.2) is 4.98 Å². The summed E-state index contributed by atoms with van der Waals surface area (Å²) in [6, 6.07) is 6.90. The Labute approximate surface area is 114 Å². The Bertz CT molecular complexity index is 611. The zero-order chi connectivity index (χ0) is 13.4. The minimum absolute atomic E-state index is 0.814. The van der Waals surface area contributed by atoms with Crippen LogP contribution in [0.2, 0.25) is 0 Å². The molecule has 0 radical (unpaired) electrons. The molecular weight excluding hydrogens is 234 g/mol. The zero-order valence-electron chi connectivity index (χ0n) is 12.0. The standard InChI is InChI=1S/C16H21N3/c1-11-18-15(10-17-2)16(19(11)3)14-8-7-12-5-4-6-13(12)9-14/h7-9,17H,4-6,10H2,1-3H3. The van der Waals surface area contributed by atoms with Gasteiger partial charge in [0.2, 0.25) is 0 Å². The Morgan fingerprint density at radius 2 is 2.05 bits per heavy atom. The highest BCUT2D eigenvalue weighted by atomic mass is 15.1. The first kappa shape index (κ1) is 12.4. The Morgan fingerprint density at radius 3 is 2.84 bits per heavy atom. The van der Waals surface area contributed by atoms with E-state index in [-0.39, 0.29) is 0 Å². The number of hydrogen-bond acceptors (Lipinski definition) is 2. The fraction of sp³-hybridized carbons (Fsp3) is 0.438. The van der Waals surface area contributed by atoms with E-state index in [4.69, 9.17) is 0 Å². The molecule has 0 saturated heterocycles. The van der Waals surface area contributed by atoms with Crippen molar-refractivity contribution in [1.29, 1.82) is 0 Å². The van der Waals surface area contributed by atoms with Crippen LogP contribution in [0.25, 0.3) is 11.3 Å². The lowest BCUT2D eigenvalue weighted by Crippen LogP contribution is -2.07. The van der Waals surface area contributed by atoms with E-state index >= 15 is 0 Å². The number of rotatable bonds is 3. The maximum Gasteiger partial charge on any atom is 0.106 e. The molecule has 1 N–H and O–H groups in total. The van der Waals surface area contributed by atoms with E-state index in [9.17, 15) is 0 Å². The predicted octanol–water partition coefficient (Wildman–Crippen LogP) is 2.60. The van der Waals surface area contributed by atoms with Gasteiger partial charge >= 0.3 is 0 Å². The van der Waals surface area contributed by atoms with Crippen molar-refractivity contribution in [2.24, 2.45) is 7.05 Å². The molecule has 3 rings (SSSR count). The van der Waals surface area contributed by atoms with Gasteiger partial charge in [-0.3, -0.25) is 0 Å². The van der Waals surface area contributed by atoms with Crippen LogP contribution < -0.4 is 5.32 Å². The van der Waals surface area contributed by atoms with E-state index < -0.39 is 0 Å². The Balaban J connectivity index is 2.10. The molecule has 3 heteroatoms. The van der Waals surface area contributed by atoms with Crippen LogP contribution in [-0.2, 0) is 26.4 Å². The van der Waals surface area contributed by atoms with Crippen LogP contribution >= 0.6 is 0 Å². The van der Waals surface area contributed by atoms with Crippen molar-refractivity contribution in [2.75, 3.05) is 7.05 Å². The van der Waals surface area contributed by atoms with Gasteiger partial charge in [0, 0.05) is 19.2 Å². The monoisotopic (exact) mass is 255 g/mol. The lowest BCUT2D eigenvalue weighted by atomic mass is 10.0. The van der Waals surface area contributed by atoms with Gasteiger partial charge in [-0.2, -0.15) is 0 Å². The van der Waals surface area contributed by atoms with Crippen LogP contribution in [0, 0.1) is 6.92 Å². The van der Waals surface area contributed by atoms with Crippen molar-refractivity contribution >= 4 is 0 Å². The minimum Gasteiger partial charge on any atom is -0.331 e. The number of aromatic nitrogens is 2. The molecule has 0 unspecified atom stereocenters. The third kappa shape index (κ3) is 2.08. The van der Waals surface area contributed by atoms with Crippen molar-refractivity contribution in [3.8, 4) is 11.3 Å². The second kappa shape index (κ2) is 4.82. The normalized spacial score (nSPS) is 13.8. The Hall–Kier alpha value is -1.61. The maximum absolute atomic E-state index is 4.67. The molecule has 1 heterocycles. The van der Waals surface area contributed by atoms with Crippen LogP contribution in [-0.4, -0.2) is 16.6 Å². The van der Waals surface area contributed by atoms with E-state index in [0.29, 0.717) is 0 Å². The van der Waals surface area contributed by atoms with E-state index in [1.54, 1.807) is 0 Å². The van der Waals surface area contributed by atoms with Gasteiger partial charge in [-0.1, -0.05) is 12.1 Å². The number of aryl methyl sites for hydroxylation is 3. The van der Waals surface area contributed by atoms with Gasteiger partial charge in [-0.15, -0.1) is 0 Å². The third-order valence-electron chi connectivity index (χ3n) is 4.11. The molecule has 0 aliphatic heterocycles. The molecular formula is C16H21N3. The number of nitrogens with zero attached hydrogens (tertiary/aromatic N) is 2. The van der Waals surface area contributed by atoms with E-state index in [1.165, 1.54) is 41.6 Å². The molecule has 0 fully saturated rings. The summed E-state index contributed by atoms with van der Waals surface area (Å²) in [5.41, 5.74) is 6.74. The van der Waals surface area contributed by atoms with Crippen LogP contribution in [0.15, 0.2) is 18.2 Å². The average molecular weight is 255 g/mol. The summed E-state index contributed by atoms with van der Waals surface area (Å²) in [6.07, 6.45) is 3.76. The highest BCUT2D eigenvalue weighted by Gasteiger charge is 2.16. The lowest BCUT2D eigenvalue weighted by Gasteiger charge is -2.09. The predicted molar refractivity (Wildman–Crippen MR) is 78.2 cm³/mol. The minimum atomic E-state index is 0.814. The molecule has 19 heavy (non-hydrogen) atoms. The first-order valence-corrected chi connectivity index (χ1v) is 6.99. The molecule has 1 aliphatic carbocycles. The smallest absolute Gasteiger partial charge is 0.106 e. The average Bonchev–Trinajstić information content (AvgIpc) is 2.95. The number of imidazole rings is 1. The number of hydrogen-bond donors (Lipinski definition) is 1. The van der Waals surface area contributed by atoms with Gasteiger partial charge < -0.3 is 9.88 Å². The number of fused-ring (bicyclic) bond motifs is 1. The molecule has 100 valence electrons. The van der Waals surface area contributed by atoms with Gasteiger partial charge in [0.1, 0.15) is 5.82 Å². The largest absolute Gasteiger partial charge is 0.331 e. The summed E-state index contributed by atoms with van der Waals surface area (Å²) in [5, 5.41) is 3.21. The van der Waals surface area contributed by atoms with Crippen molar-refractivity contribution in [2.45, 2.75) is 32.7 Å². The molecule has 1 aliphatic rings. The van der Waals surface area contributed by atoms with Crippen molar-refractivity contribution in [3.05, 3.63) is 40.8 Å². The van der Waals surface area contributed by atoms with Crippen molar-refractivity contribution < 1.29 is 0 Å². The number of benzene rings is 1. The highest BCUT2D eigenvalue weighted by molar-refractivity contribution is 5.65. The fourth-order valence-corrected chi connectivity index (χ4v) is 3.05. The van der Waals surface area contributed by atoms with E-state index in [1.807, 2.05) is 7.05 Å². The molecule has 0 spiro atoms. The fourth-order valence-electron chi connectivity index (χ4n) is 3.05. The molecule has 0 atom stereocenters. The summed E-state index contributed by atoms with van der Waals surface area (Å²) < 4.78 is 2.20. The second-order valence-corrected chi connectivity index (χ2v) is 5.38. The Morgan fingerprint density at radius 1 is 1.26 bits per heavy atom. The topological polar surface area (TPSA) is 29.9 Å². The van der Waals surface area contributed by atoms with Crippen LogP contribution in [0.1, 0.15) is 29.1 Å². The van der Waals surface area contributed by atoms with Crippen LogP contribution in [0.3, 0.4) is 0 Å². The van der Waals surface area contributed by atoms with Gasteiger partial charge in [0.15, 0.2) is 0 Å². The van der Waals surface area contributed by atoms with Crippen LogP contribution in [0.5, 0.6) is 0 Å². The van der Waals surface area contributed by atoms with Gasteiger partial charge in [-0.05, 0) is 50.4 Å². The molecule has 1 aromatic heterocycles. The van der Waals surface area contributed by atoms with E-state index in [0.717, 1.165) is 18.1 Å². The molecule has 0 bridgehead atoms. The summed E-state index contributed by atoms with van der Waals surface area (Å²) in [4.78, 5) is 4.67. The summed E-state index contributed by atoms with van der Waals surface area (Å²) in [5.74, 6) is 1.07. The molecule has 3 nitrogen and oxygen atoms in total. The number of nitrogens with one attached hydrogen (secondary N) is 1. The van der Waals surface area contributed by atoms with Crippen molar-refractivity contribution in [3.63, 3.8) is 0 Å².